The van der Waals surface area contributed by atoms with Gasteiger partial charge in [0.1, 0.15) is 0 Å². The number of aryl methyl sites for hydroxylation is 1. The van der Waals surface area contributed by atoms with Crippen LogP contribution < -0.4 is 9.84 Å². The molecule has 0 aliphatic carbocycles. The summed E-state index contributed by atoms with van der Waals surface area (Å²) in [6.45, 7) is 1.13. The molecule has 174 valence electrons. The van der Waals surface area contributed by atoms with E-state index in [9.17, 15) is 30.4 Å². The maximum Gasteiger partial charge on any atom is 0.416 e. The largest absolute Gasteiger partial charge is 0.416 e. The standard InChI is InChI=1S/C23H19F5N2O2S/c1-16-7-13-20(14-8-16)33(31,32)29-30(19-11-9-18(10-12-19)23(26,27)28)15-21(22(24)25)17-5-3-2-4-6-17/h2-14,29H,15H2,1H3. The molecule has 4 nitrogen and oxygen atoms in total. The number of alkyl halides is 3. The summed E-state index contributed by atoms with van der Waals surface area (Å²) in [7, 11) is -4.23. The van der Waals surface area contributed by atoms with Crippen molar-refractivity contribution in [1.82, 2.24) is 4.83 Å². The van der Waals surface area contributed by atoms with E-state index in [4.69, 9.17) is 0 Å². The van der Waals surface area contributed by atoms with Gasteiger partial charge in [0.2, 0.25) is 0 Å². The molecule has 0 aromatic heterocycles. The average molecular weight is 482 g/mol. The van der Waals surface area contributed by atoms with Crippen LogP contribution in [0.2, 0.25) is 0 Å². The van der Waals surface area contributed by atoms with Gasteiger partial charge in [0.05, 0.1) is 22.7 Å². The van der Waals surface area contributed by atoms with Crippen LogP contribution in [0, 0.1) is 6.92 Å². The highest BCUT2D eigenvalue weighted by molar-refractivity contribution is 7.89. The summed E-state index contributed by atoms with van der Waals surface area (Å²) >= 11 is 0. The van der Waals surface area contributed by atoms with Crippen LogP contribution in [0.4, 0.5) is 27.6 Å². The maximum absolute atomic E-state index is 13.8. The predicted molar refractivity (Wildman–Crippen MR) is 116 cm³/mol. The quantitative estimate of drug-likeness (QED) is 0.331. The molecule has 0 bridgehead atoms. The summed E-state index contributed by atoms with van der Waals surface area (Å²) in [6.07, 6.45) is -6.65. The normalized spacial score (nSPS) is 11.8. The summed E-state index contributed by atoms with van der Waals surface area (Å²) in [5, 5.41) is 0.872. The Balaban J connectivity index is 2.02. The van der Waals surface area contributed by atoms with Crippen LogP contribution in [0.25, 0.3) is 5.57 Å². The van der Waals surface area contributed by atoms with Crippen molar-refractivity contribution in [3.63, 3.8) is 0 Å². The van der Waals surface area contributed by atoms with Crippen LogP contribution in [-0.4, -0.2) is 15.0 Å². The molecule has 0 unspecified atom stereocenters. The lowest BCUT2D eigenvalue weighted by Crippen LogP contribution is -2.43. The first-order valence-corrected chi connectivity index (χ1v) is 11.1. The minimum absolute atomic E-state index is 0.0478. The van der Waals surface area contributed by atoms with Gasteiger partial charge in [-0.1, -0.05) is 48.0 Å². The molecule has 0 heterocycles. The number of hydrogen-bond donors (Lipinski definition) is 1. The number of sulfonamides is 1. The molecule has 10 heteroatoms. The molecule has 3 aromatic rings. The molecule has 1 N–H and O–H groups in total. The van der Waals surface area contributed by atoms with Crippen molar-refractivity contribution in [2.75, 3.05) is 11.6 Å². The minimum Gasteiger partial charge on any atom is -0.290 e. The van der Waals surface area contributed by atoms with Crippen LogP contribution in [0.3, 0.4) is 0 Å². The molecule has 0 saturated carbocycles. The molecule has 0 aliphatic heterocycles. The summed E-state index contributed by atoms with van der Waals surface area (Å²) < 4.78 is 92.3. The van der Waals surface area contributed by atoms with E-state index in [2.05, 4.69) is 4.83 Å². The highest BCUT2D eigenvalue weighted by atomic mass is 32.2. The monoisotopic (exact) mass is 482 g/mol. The van der Waals surface area contributed by atoms with Crippen LogP contribution in [0.5, 0.6) is 0 Å². The Hall–Kier alpha value is -3.24. The summed E-state index contributed by atoms with van der Waals surface area (Å²) in [6, 6.07) is 16.9. The smallest absolute Gasteiger partial charge is 0.290 e. The zero-order valence-electron chi connectivity index (χ0n) is 17.3. The second-order valence-corrected chi connectivity index (χ2v) is 8.80. The molecule has 0 spiro atoms. The Bertz CT molecular complexity index is 1220. The van der Waals surface area contributed by atoms with E-state index in [0.29, 0.717) is 0 Å². The van der Waals surface area contributed by atoms with Crippen LogP contribution in [0.1, 0.15) is 16.7 Å². The van der Waals surface area contributed by atoms with Crippen LogP contribution in [0.15, 0.2) is 89.8 Å². The van der Waals surface area contributed by atoms with Crippen molar-refractivity contribution < 1.29 is 30.4 Å². The fourth-order valence-corrected chi connectivity index (χ4v) is 4.04. The topological polar surface area (TPSA) is 49.4 Å². The molecule has 0 saturated heterocycles. The molecule has 0 amide bonds. The summed E-state index contributed by atoms with van der Waals surface area (Å²) in [5.41, 5.74) is -0.537. The molecular formula is C23H19F5N2O2S. The Morgan fingerprint density at radius 2 is 1.45 bits per heavy atom. The number of nitrogens with one attached hydrogen (secondary N) is 1. The van der Waals surface area contributed by atoms with E-state index < -0.39 is 40.0 Å². The lowest BCUT2D eigenvalue weighted by Gasteiger charge is -2.26. The van der Waals surface area contributed by atoms with E-state index in [1.165, 1.54) is 36.4 Å². The first-order chi connectivity index (χ1) is 15.5. The molecule has 0 fully saturated rings. The minimum atomic E-state index is -4.61. The number of rotatable bonds is 7. The molecule has 3 aromatic carbocycles. The first-order valence-electron chi connectivity index (χ1n) is 9.61. The van der Waals surface area contributed by atoms with Crippen LogP contribution >= 0.6 is 0 Å². The van der Waals surface area contributed by atoms with Gasteiger partial charge in [-0.25, -0.2) is 8.42 Å². The highest BCUT2D eigenvalue weighted by Gasteiger charge is 2.30. The van der Waals surface area contributed by atoms with Gasteiger partial charge in [-0.15, -0.1) is 4.83 Å². The van der Waals surface area contributed by atoms with Crippen molar-refractivity contribution in [2.45, 2.75) is 18.0 Å². The van der Waals surface area contributed by atoms with E-state index in [1.54, 1.807) is 25.1 Å². The van der Waals surface area contributed by atoms with Gasteiger partial charge < -0.3 is 0 Å². The maximum atomic E-state index is 13.8. The zero-order chi connectivity index (χ0) is 24.2. The summed E-state index contributed by atoms with van der Waals surface area (Å²) in [4.78, 5) is 2.09. The van der Waals surface area contributed by atoms with Gasteiger partial charge in [0.25, 0.3) is 16.1 Å². The predicted octanol–water partition coefficient (Wildman–Crippen LogP) is 6.02. The summed E-state index contributed by atoms with van der Waals surface area (Å²) in [5.74, 6) is 0. The Labute approximate surface area is 188 Å². The highest BCUT2D eigenvalue weighted by Crippen LogP contribution is 2.31. The first kappa shape index (κ1) is 24.4. The third-order valence-corrected chi connectivity index (χ3v) is 6.09. The average Bonchev–Trinajstić information content (AvgIpc) is 2.76. The van der Waals surface area contributed by atoms with Crippen molar-refractivity contribution in [3.8, 4) is 0 Å². The van der Waals surface area contributed by atoms with E-state index in [1.807, 2.05) is 0 Å². The van der Waals surface area contributed by atoms with E-state index in [-0.39, 0.29) is 16.1 Å². The number of halogens is 5. The zero-order valence-corrected chi connectivity index (χ0v) is 18.1. The molecule has 33 heavy (non-hydrogen) atoms. The van der Waals surface area contributed by atoms with Crippen molar-refractivity contribution in [1.29, 1.82) is 0 Å². The number of benzene rings is 3. The van der Waals surface area contributed by atoms with Gasteiger partial charge in [0.15, 0.2) is 0 Å². The van der Waals surface area contributed by atoms with Crippen LogP contribution in [-0.2, 0) is 16.2 Å². The fourth-order valence-electron chi connectivity index (χ4n) is 2.98. The third kappa shape index (κ3) is 6.17. The molecule has 0 aliphatic rings. The van der Waals surface area contributed by atoms with Gasteiger partial charge in [-0.2, -0.15) is 22.0 Å². The second-order valence-electron chi connectivity index (χ2n) is 7.14. The van der Waals surface area contributed by atoms with Crippen molar-refractivity contribution in [2.24, 2.45) is 0 Å². The SMILES string of the molecule is Cc1ccc(S(=O)(=O)NN(CC(=C(F)F)c2ccccc2)c2ccc(C(F)(F)F)cc2)cc1. The number of anilines is 1. The molecular weight excluding hydrogens is 463 g/mol. The van der Waals surface area contributed by atoms with Crippen molar-refractivity contribution in [3.05, 3.63) is 102 Å². The Morgan fingerprint density at radius 3 is 1.97 bits per heavy atom. The van der Waals surface area contributed by atoms with E-state index in [0.717, 1.165) is 34.8 Å². The Morgan fingerprint density at radius 1 is 0.879 bits per heavy atom. The lowest BCUT2D eigenvalue weighted by molar-refractivity contribution is -0.137. The third-order valence-electron chi connectivity index (χ3n) is 4.73. The van der Waals surface area contributed by atoms with Gasteiger partial charge >= 0.3 is 6.18 Å². The fraction of sp³-hybridized carbons (Fsp3) is 0.130. The molecule has 3 rings (SSSR count). The number of hydrazine groups is 1. The van der Waals surface area contributed by atoms with Crippen molar-refractivity contribution >= 4 is 21.3 Å². The lowest BCUT2D eigenvalue weighted by atomic mass is 10.1. The molecule has 0 atom stereocenters. The van der Waals surface area contributed by atoms with Gasteiger partial charge in [-0.05, 0) is 48.9 Å². The second kappa shape index (κ2) is 9.72. The van der Waals surface area contributed by atoms with Gasteiger partial charge in [0, 0.05) is 5.57 Å². The van der Waals surface area contributed by atoms with E-state index >= 15 is 0 Å². The number of nitrogens with zero attached hydrogens (tertiary/aromatic N) is 1. The number of hydrogen-bond acceptors (Lipinski definition) is 3. The van der Waals surface area contributed by atoms with Gasteiger partial charge in [-0.3, -0.25) is 5.01 Å². The molecule has 0 radical (unpaired) electrons. The Kier molecular flexibility index (Phi) is 7.19.